The first kappa shape index (κ1) is 37.9. The summed E-state index contributed by atoms with van der Waals surface area (Å²) in [6, 6.07) is 30.4. The molecule has 0 spiro atoms. The molecule has 2 N–H and O–H groups in total. The minimum Gasteiger partial charge on any atom is -0.402 e. The molecule has 0 saturated carbocycles. The van der Waals surface area contributed by atoms with E-state index in [4.69, 9.17) is 4.42 Å². The fourth-order valence-corrected chi connectivity index (χ4v) is 6.60. The Morgan fingerprint density at radius 2 is 1.39 bits per heavy atom. The number of hydrogen-bond acceptors (Lipinski definition) is 10. The zero-order valence-electron chi connectivity index (χ0n) is 32.0. The van der Waals surface area contributed by atoms with E-state index in [2.05, 4.69) is 41.5 Å². The molecule has 0 aliphatic rings. The lowest BCUT2D eigenvalue weighted by molar-refractivity contribution is 0.0948. The van der Waals surface area contributed by atoms with Gasteiger partial charge in [-0.05, 0) is 65.7 Å². The second-order valence-corrected chi connectivity index (χ2v) is 13.6. The normalized spacial score (nSPS) is 10.9. The number of rotatable bonds is 10. The lowest BCUT2D eigenvalue weighted by Crippen LogP contribution is -2.27. The Morgan fingerprint density at radius 1 is 0.719 bits per heavy atom. The van der Waals surface area contributed by atoms with Crippen molar-refractivity contribution in [3.8, 4) is 11.5 Å². The van der Waals surface area contributed by atoms with Crippen molar-refractivity contribution in [3.63, 3.8) is 0 Å². The number of aryl methyl sites for hydroxylation is 1. The molecule has 4 aromatic carbocycles. The van der Waals surface area contributed by atoms with Crippen molar-refractivity contribution in [2.24, 2.45) is 0 Å². The Kier molecular flexibility index (Phi) is 11.3. The molecule has 0 atom stereocenters. The Bertz CT molecular complexity index is 2760. The number of benzene rings is 4. The van der Waals surface area contributed by atoms with Gasteiger partial charge < -0.3 is 29.4 Å². The van der Waals surface area contributed by atoms with Crippen molar-refractivity contribution in [1.82, 2.24) is 29.8 Å². The van der Waals surface area contributed by atoms with Gasteiger partial charge in [0.1, 0.15) is 5.52 Å². The molecular formula is C44H41N9O4. The topological polar surface area (TPSA) is 151 Å². The number of carbonyl (C=O) groups is 2. The van der Waals surface area contributed by atoms with Crippen LogP contribution in [0.2, 0.25) is 0 Å². The van der Waals surface area contributed by atoms with Crippen LogP contribution in [0.3, 0.4) is 0 Å². The summed E-state index contributed by atoms with van der Waals surface area (Å²) in [5.41, 5.74) is 4.30. The molecule has 0 radical (unpaired) electrons. The van der Waals surface area contributed by atoms with Crippen molar-refractivity contribution in [2.45, 2.75) is 13.0 Å². The monoisotopic (exact) mass is 759 g/mol. The molecule has 8 rings (SSSR count). The van der Waals surface area contributed by atoms with Crippen LogP contribution < -0.4 is 26.1 Å². The minimum absolute atomic E-state index is 0.183. The SMILES string of the molecule is CN(C)c1ccc(-c2nc3cccnc3c(=O)o2)c2ccccc12.CN(C)c1ccc(C(=O)Nc2cccnc2C(=O)NCCCn2ccnc2)c2ccccc12. The molecule has 0 aliphatic carbocycles. The molecular weight excluding hydrogens is 719 g/mol. The van der Waals surface area contributed by atoms with Crippen LogP contribution in [0, 0.1) is 0 Å². The van der Waals surface area contributed by atoms with Crippen LogP contribution in [0.1, 0.15) is 27.3 Å². The van der Waals surface area contributed by atoms with E-state index in [1.165, 1.54) is 6.20 Å². The van der Waals surface area contributed by atoms with Crippen molar-refractivity contribution in [1.29, 1.82) is 0 Å². The summed E-state index contributed by atoms with van der Waals surface area (Å²) >= 11 is 0. The van der Waals surface area contributed by atoms with Gasteiger partial charge in [-0.1, -0.05) is 48.5 Å². The quantitative estimate of drug-likeness (QED) is 0.139. The van der Waals surface area contributed by atoms with Crippen molar-refractivity contribution >= 4 is 61.5 Å². The van der Waals surface area contributed by atoms with Crippen molar-refractivity contribution < 1.29 is 14.0 Å². The summed E-state index contributed by atoms with van der Waals surface area (Å²) in [6.45, 7) is 1.24. The second-order valence-electron chi connectivity index (χ2n) is 13.6. The van der Waals surface area contributed by atoms with Gasteiger partial charge in [-0.15, -0.1) is 0 Å². The fourth-order valence-electron chi connectivity index (χ4n) is 6.60. The highest BCUT2D eigenvalue weighted by atomic mass is 16.4. The molecule has 0 saturated heterocycles. The maximum Gasteiger partial charge on any atom is 0.365 e. The third kappa shape index (κ3) is 8.32. The Hall–Kier alpha value is -7.41. The summed E-state index contributed by atoms with van der Waals surface area (Å²) in [6.07, 6.45) is 9.19. The third-order valence-corrected chi connectivity index (χ3v) is 9.34. The summed E-state index contributed by atoms with van der Waals surface area (Å²) in [4.78, 5) is 58.9. The Balaban J connectivity index is 0.000000183. The summed E-state index contributed by atoms with van der Waals surface area (Å²) in [7, 11) is 7.94. The molecule has 0 bridgehead atoms. The van der Waals surface area contributed by atoms with Crippen LogP contribution in [0.4, 0.5) is 17.1 Å². The Morgan fingerprint density at radius 3 is 2.11 bits per heavy atom. The number of nitrogens with zero attached hydrogens (tertiary/aromatic N) is 7. The maximum atomic E-state index is 13.2. The van der Waals surface area contributed by atoms with E-state index in [-0.39, 0.29) is 23.0 Å². The number of amides is 2. The molecule has 0 fully saturated rings. The number of pyridine rings is 2. The molecule has 13 nitrogen and oxygen atoms in total. The molecule has 2 amide bonds. The van der Waals surface area contributed by atoms with Crippen LogP contribution >= 0.6 is 0 Å². The van der Waals surface area contributed by atoms with Crippen LogP contribution in [0.25, 0.3) is 44.0 Å². The molecule has 4 aromatic heterocycles. The average molecular weight is 760 g/mol. The summed E-state index contributed by atoms with van der Waals surface area (Å²) in [5.74, 6) is -0.315. The third-order valence-electron chi connectivity index (χ3n) is 9.34. The van der Waals surface area contributed by atoms with Gasteiger partial charge in [0.05, 0.1) is 12.0 Å². The highest BCUT2D eigenvalue weighted by molar-refractivity contribution is 6.16. The zero-order valence-corrected chi connectivity index (χ0v) is 32.0. The number of anilines is 3. The number of imidazole rings is 1. The summed E-state index contributed by atoms with van der Waals surface area (Å²) < 4.78 is 7.39. The number of nitrogens with one attached hydrogen (secondary N) is 2. The number of fused-ring (bicyclic) bond motifs is 3. The highest BCUT2D eigenvalue weighted by Gasteiger charge is 2.18. The van der Waals surface area contributed by atoms with Gasteiger partial charge in [-0.25, -0.2) is 24.7 Å². The van der Waals surface area contributed by atoms with Gasteiger partial charge >= 0.3 is 5.63 Å². The molecule has 13 heteroatoms. The largest absolute Gasteiger partial charge is 0.402 e. The van der Waals surface area contributed by atoms with Gasteiger partial charge in [0.15, 0.2) is 11.2 Å². The van der Waals surface area contributed by atoms with E-state index < -0.39 is 5.63 Å². The number of aromatic nitrogens is 5. The van der Waals surface area contributed by atoms with E-state index in [1.54, 1.807) is 49.1 Å². The van der Waals surface area contributed by atoms with E-state index in [1.807, 2.05) is 105 Å². The van der Waals surface area contributed by atoms with E-state index in [0.29, 0.717) is 29.2 Å². The van der Waals surface area contributed by atoms with E-state index in [9.17, 15) is 14.4 Å². The first-order valence-corrected chi connectivity index (χ1v) is 18.3. The molecule has 0 unspecified atom stereocenters. The van der Waals surface area contributed by atoms with Crippen LogP contribution in [-0.4, -0.2) is 71.1 Å². The predicted octanol–water partition coefficient (Wildman–Crippen LogP) is 7.04. The minimum atomic E-state index is -0.476. The Labute approximate surface area is 328 Å². The zero-order chi connectivity index (χ0) is 39.9. The lowest BCUT2D eigenvalue weighted by atomic mass is 10.0. The first-order chi connectivity index (χ1) is 27.7. The molecule has 8 aromatic rings. The van der Waals surface area contributed by atoms with E-state index in [0.717, 1.165) is 51.4 Å². The fraction of sp³-hybridized carbons (Fsp3) is 0.159. The van der Waals surface area contributed by atoms with Gasteiger partial charge in [-0.2, -0.15) is 0 Å². The first-order valence-electron chi connectivity index (χ1n) is 18.3. The van der Waals surface area contributed by atoms with E-state index >= 15 is 0 Å². The van der Waals surface area contributed by atoms with Crippen LogP contribution in [0.5, 0.6) is 0 Å². The molecule has 4 heterocycles. The maximum absolute atomic E-state index is 13.2. The van der Waals surface area contributed by atoms with Gasteiger partial charge in [0.2, 0.25) is 5.89 Å². The molecule has 286 valence electrons. The van der Waals surface area contributed by atoms with Crippen LogP contribution in [-0.2, 0) is 6.54 Å². The smallest absolute Gasteiger partial charge is 0.365 e. The van der Waals surface area contributed by atoms with Crippen molar-refractivity contribution in [3.05, 3.63) is 150 Å². The van der Waals surface area contributed by atoms with Gasteiger partial charge in [0, 0.05) is 99.3 Å². The lowest BCUT2D eigenvalue weighted by Gasteiger charge is -2.17. The predicted molar refractivity (Wildman–Crippen MR) is 225 cm³/mol. The number of hydrogen-bond donors (Lipinski definition) is 2. The second kappa shape index (κ2) is 16.9. The van der Waals surface area contributed by atoms with Crippen LogP contribution in [0.15, 0.2) is 137 Å². The molecule has 0 aliphatic heterocycles. The van der Waals surface area contributed by atoms with Gasteiger partial charge in [-0.3, -0.25) is 9.59 Å². The summed E-state index contributed by atoms with van der Waals surface area (Å²) in [5, 5.41) is 9.64. The van der Waals surface area contributed by atoms with Crippen molar-refractivity contribution in [2.75, 3.05) is 49.9 Å². The average Bonchev–Trinajstić information content (AvgIpc) is 3.75. The highest BCUT2D eigenvalue weighted by Crippen LogP contribution is 2.34. The number of carbonyl (C=O) groups excluding carboxylic acids is 2. The molecule has 57 heavy (non-hydrogen) atoms. The van der Waals surface area contributed by atoms with Gasteiger partial charge in [0.25, 0.3) is 11.8 Å². The standard InChI is InChI=1S/C25H26N6O2.C19H15N3O2/c1-30(2)22-11-10-20(18-7-3-4-8-19(18)22)24(32)29-21-9-5-12-27-23(21)25(33)28-13-6-15-31-16-14-26-17-31;1-22(2)16-10-9-14(12-6-3-4-7-13(12)16)18-21-15-8-5-11-20-17(15)19(23)24-18/h3-5,7-12,14,16-17H,6,13,15H2,1-2H3,(H,28,33)(H,29,32);3-11H,1-2H3.